The summed E-state index contributed by atoms with van der Waals surface area (Å²) in [4.78, 5) is 116. The molecule has 2 unspecified atom stereocenters. The quantitative estimate of drug-likeness (QED) is 0.0550. The van der Waals surface area contributed by atoms with Gasteiger partial charge in [-0.15, -0.1) is 0 Å². The summed E-state index contributed by atoms with van der Waals surface area (Å²) in [7, 11) is -1.00. The van der Waals surface area contributed by atoms with Crippen molar-refractivity contribution in [3.8, 4) is 0 Å². The Morgan fingerprint density at radius 1 is 0.649 bits per heavy atom. The fourth-order valence-electron chi connectivity index (χ4n) is 13.9. The number of aromatic nitrogens is 2. The molecule has 2 saturated heterocycles. The third-order valence-electron chi connectivity index (χ3n) is 18.4. The maximum absolute atomic E-state index is 14.6. The zero-order valence-electron chi connectivity index (χ0n) is 57.6. The predicted octanol–water partition coefficient (Wildman–Crippen LogP) is 13.0. The predicted molar refractivity (Wildman–Crippen MR) is 383 cm³/mol. The number of Topliss-reactive ketones (excluding diaryl/α,β-unsaturated/α-hetero) is 2. The Morgan fingerprint density at radius 2 is 1.11 bits per heavy atom. The molecular formula is C76H90FN9O9S2. The molecule has 4 N–H and O–H groups in total. The Bertz CT molecular complexity index is 4200. The Hall–Kier alpha value is -8.79. The van der Waals surface area contributed by atoms with Crippen molar-refractivity contribution in [1.82, 2.24) is 19.8 Å². The van der Waals surface area contributed by atoms with Crippen LogP contribution in [0, 0.1) is 11.8 Å². The molecule has 8 aromatic rings. The fourth-order valence-corrected chi connectivity index (χ4v) is 15.2. The summed E-state index contributed by atoms with van der Waals surface area (Å²) in [6.07, 6.45) is 9.30. The van der Waals surface area contributed by atoms with Gasteiger partial charge in [-0.05, 0) is 171 Å². The lowest BCUT2D eigenvalue weighted by atomic mass is 9.85. The smallest absolute Gasteiger partial charge is 0.408 e. The number of ether oxygens (including phenoxy) is 1. The van der Waals surface area contributed by atoms with Gasteiger partial charge in [0, 0.05) is 104 Å². The van der Waals surface area contributed by atoms with E-state index in [0.29, 0.717) is 58.3 Å². The maximum atomic E-state index is 14.6. The minimum Gasteiger partial charge on any atom is -0.444 e. The molecule has 0 aliphatic carbocycles. The second-order valence-electron chi connectivity index (χ2n) is 27.1. The molecule has 0 radical (unpaired) electrons. The number of rotatable bonds is 23. The second kappa shape index (κ2) is 31.2. The van der Waals surface area contributed by atoms with Crippen molar-refractivity contribution in [2.24, 2.45) is 17.6 Å². The van der Waals surface area contributed by atoms with Gasteiger partial charge in [0.2, 0.25) is 29.5 Å². The van der Waals surface area contributed by atoms with E-state index in [1.54, 1.807) is 72.0 Å². The van der Waals surface area contributed by atoms with Crippen LogP contribution in [-0.4, -0.2) is 99.8 Å². The number of hydrogen-bond donors (Lipinski definition) is 3. The van der Waals surface area contributed by atoms with Crippen LogP contribution in [0.4, 0.5) is 31.9 Å². The number of aryl methyl sites for hydroxylation is 2. The molecular weight excluding hydrogens is 1270 g/mol. The molecule has 4 aliphatic rings. The van der Waals surface area contributed by atoms with Gasteiger partial charge in [0.05, 0.1) is 56.4 Å². The monoisotopic (exact) mass is 1360 g/mol. The number of nitrogens with one attached hydrogen (secondary N) is 2. The summed E-state index contributed by atoms with van der Waals surface area (Å²) in [5, 5.41) is 15.7. The van der Waals surface area contributed by atoms with Gasteiger partial charge < -0.3 is 49.8 Å². The number of alkyl carbamates (subject to hydrolysis) is 1. The lowest BCUT2D eigenvalue weighted by molar-refractivity contribution is -0.132. The molecule has 4 atom stereocenters. The summed E-state index contributed by atoms with van der Waals surface area (Å²) in [6, 6.07) is 30.2. The first-order chi connectivity index (χ1) is 47.0. The maximum Gasteiger partial charge on any atom is 0.408 e. The van der Waals surface area contributed by atoms with Gasteiger partial charge in [-0.1, -0.05) is 74.5 Å². The highest BCUT2D eigenvalue weighted by atomic mass is 32.1. The number of carbonyl (C=O) groups excluding carboxylic acids is 8. The van der Waals surface area contributed by atoms with Gasteiger partial charge in [0.1, 0.15) is 11.1 Å². The molecule has 0 saturated carbocycles. The summed E-state index contributed by atoms with van der Waals surface area (Å²) < 4.78 is 25.3. The van der Waals surface area contributed by atoms with Gasteiger partial charge in [0.15, 0.2) is 11.6 Å². The molecule has 18 nitrogen and oxygen atoms in total. The van der Waals surface area contributed by atoms with Crippen LogP contribution in [0.3, 0.4) is 0 Å². The molecule has 0 spiro atoms. The number of alkyl halides is 1. The molecule has 12 rings (SSSR count). The van der Waals surface area contributed by atoms with E-state index < -0.39 is 54.2 Å². The number of para-hydroxylation sites is 4. The molecule has 4 aliphatic heterocycles. The number of benzene rings is 4. The largest absolute Gasteiger partial charge is 0.444 e. The number of hydrogen-bond acceptors (Lipinski definition) is 12. The van der Waals surface area contributed by atoms with E-state index in [9.17, 15) is 42.7 Å². The highest BCUT2D eigenvalue weighted by molar-refractivity contribution is 7.08. The zero-order chi connectivity index (χ0) is 70.0. The highest BCUT2D eigenvalue weighted by Crippen LogP contribution is 2.44. The topological polar surface area (TPSA) is 219 Å². The van der Waals surface area contributed by atoms with Crippen LogP contribution >= 0.6 is 22.7 Å². The van der Waals surface area contributed by atoms with E-state index in [1.165, 1.54) is 0 Å². The van der Waals surface area contributed by atoms with Gasteiger partial charge in [-0.25, -0.2) is 4.79 Å². The SMILES string of the molecule is CCCn1cc(C[C@@H](N)C(=O)CC2Cc3cccc(N4CCCC4=O)c3N(Cc3ccsc3)C2=O)c2ccccc21.CCCn1cc(C[C@@H](NC(=O)C(C)(C)NC(=O)OC(C)(C)C)C(=O)CC2Cc3cccc(N4CCCC4=O)c3N(Cc3ccsc3)C2=O)c2ccccc21.[2H]CF. The van der Waals surface area contributed by atoms with Gasteiger partial charge in [-0.2, -0.15) is 22.7 Å². The first-order valence-electron chi connectivity index (χ1n) is 34.3. The average molecular weight is 1360 g/mol. The van der Waals surface area contributed by atoms with Crippen LogP contribution in [0.25, 0.3) is 21.8 Å². The van der Waals surface area contributed by atoms with E-state index in [2.05, 4.69) is 51.9 Å². The number of nitrogens with zero attached hydrogens (tertiary/aromatic N) is 6. The Labute approximate surface area is 576 Å². The normalized spacial score (nSPS) is 17.1. The first-order valence-corrected chi connectivity index (χ1v) is 35.5. The average Bonchev–Trinajstić information content (AvgIpc) is 0.882. The van der Waals surface area contributed by atoms with E-state index in [4.69, 9.17) is 11.8 Å². The standard InChI is InChI=1S/C42H51N5O6S.C33H36N4O3S.CH3F/c1-7-18-45-25-30(31-13-8-9-14-33(31)45)22-32(43-39(51)42(5,6)44-40(52)53-41(2,3)4)35(48)23-29-21-28-12-10-15-34(46-19-11-16-36(46)49)37(28)47(38(29)50)24-27-17-20-54-26-27;1-2-13-35-20-25(26-8-3-4-9-28(26)35)17-27(34)30(38)18-24-16-23-7-5-10-29(36-14-6-11-31(36)39)32(23)37(33(24)40)19-22-12-15-41-21-22;1-2/h8-10,12-15,17,20,25-26,29,32H,7,11,16,18-19,21-24H2,1-6H3,(H,43,51)(H,44,52);3-5,7-10,12,15,20-21,24,27H,2,6,11,13-14,16-19,34H2,1H3;1H3/t29?,32-;24?,27-;/m11./s1/i;;1D. The summed E-state index contributed by atoms with van der Waals surface area (Å²) in [5.41, 5.74) is 15.4. The Kier molecular flexibility index (Phi) is 22.3. The van der Waals surface area contributed by atoms with Crippen LogP contribution < -0.4 is 36.0 Å². The van der Waals surface area contributed by atoms with E-state index in [-0.39, 0.29) is 54.5 Å². The van der Waals surface area contributed by atoms with Crippen molar-refractivity contribution < 1.29 is 48.9 Å². The van der Waals surface area contributed by atoms with Gasteiger partial charge in [0.25, 0.3) is 0 Å². The molecule has 512 valence electrons. The molecule has 21 heteroatoms. The van der Waals surface area contributed by atoms with Crippen molar-refractivity contribution >= 4 is 114 Å². The molecule has 6 amide bonds. The molecule has 0 bridgehead atoms. The first kappa shape index (κ1) is 69.6. The van der Waals surface area contributed by atoms with Crippen molar-refractivity contribution in [2.75, 3.05) is 39.8 Å². The van der Waals surface area contributed by atoms with Crippen molar-refractivity contribution in [2.45, 2.75) is 175 Å². The van der Waals surface area contributed by atoms with Crippen molar-refractivity contribution in [1.29, 1.82) is 0 Å². The lowest BCUT2D eigenvalue weighted by Crippen LogP contribution is -2.59. The molecule has 8 heterocycles. The van der Waals surface area contributed by atoms with E-state index in [1.807, 2.05) is 118 Å². The van der Waals surface area contributed by atoms with Crippen molar-refractivity contribution in [3.63, 3.8) is 0 Å². The number of fused-ring (bicyclic) bond motifs is 4. The van der Waals surface area contributed by atoms with E-state index >= 15 is 0 Å². The Balaban J connectivity index is 0.000000211. The fraction of sp³-hybridized carbons (Fsp3) is 0.421. The number of nitrogens with two attached hydrogens (primary N) is 1. The third kappa shape index (κ3) is 16.3. The number of amides is 6. The van der Waals surface area contributed by atoms with Crippen LogP contribution in [0.1, 0.15) is 135 Å². The van der Waals surface area contributed by atoms with E-state index in [0.717, 1.165) is 117 Å². The minimum atomic E-state index is -1.42. The van der Waals surface area contributed by atoms with Crippen LogP contribution in [-0.2, 0) is 90.2 Å². The number of halogens is 1. The minimum absolute atomic E-state index is 0.0339. The number of carbonyl (C=O) groups is 8. The number of ketones is 2. The molecule has 4 aromatic heterocycles. The van der Waals surface area contributed by atoms with Gasteiger partial charge >= 0.3 is 6.09 Å². The third-order valence-corrected chi connectivity index (χ3v) is 19.9. The Morgan fingerprint density at radius 3 is 1.55 bits per heavy atom. The van der Waals surface area contributed by atoms with Crippen LogP contribution in [0.5, 0.6) is 0 Å². The van der Waals surface area contributed by atoms with Crippen molar-refractivity contribution in [3.05, 3.63) is 164 Å². The van der Waals surface area contributed by atoms with Crippen LogP contribution in [0.15, 0.2) is 131 Å². The van der Waals surface area contributed by atoms with Gasteiger partial charge in [-0.3, -0.25) is 38.0 Å². The molecule has 97 heavy (non-hydrogen) atoms. The summed E-state index contributed by atoms with van der Waals surface area (Å²) in [5.74, 6) is -2.28. The highest BCUT2D eigenvalue weighted by Gasteiger charge is 2.42. The summed E-state index contributed by atoms with van der Waals surface area (Å²) in [6.45, 7) is 16.2. The van der Waals surface area contributed by atoms with Crippen LogP contribution in [0.2, 0.25) is 0 Å². The zero-order valence-corrected chi connectivity index (χ0v) is 58.2. The molecule has 4 aromatic carbocycles. The molecule has 2 fully saturated rings. The summed E-state index contributed by atoms with van der Waals surface area (Å²) >= 11 is 3.13. The second-order valence-corrected chi connectivity index (χ2v) is 28.7. The number of thiophene rings is 2. The lowest BCUT2D eigenvalue weighted by Gasteiger charge is -2.37. The number of anilines is 4.